The summed E-state index contributed by atoms with van der Waals surface area (Å²) in [5, 5.41) is 30.6. The molecule has 208 valence electrons. The number of nitrogens with zero attached hydrogens (tertiary/aromatic N) is 4. The fraction of sp³-hybridized carbons (Fsp3) is 0.125. The van der Waals surface area contributed by atoms with Gasteiger partial charge in [0.05, 0.1) is 46.9 Å². The number of nitriles is 1. The van der Waals surface area contributed by atoms with Crippen molar-refractivity contribution in [2.24, 2.45) is 0 Å². The monoisotopic (exact) mass is 557 g/mol. The molecule has 10 heteroatoms. The Balaban J connectivity index is 1.18. The van der Waals surface area contributed by atoms with Crippen LogP contribution < -0.4 is 10.2 Å². The summed E-state index contributed by atoms with van der Waals surface area (Å²) in [4.78, 5) is 30.9. The standard InChI is InChI=1S/C32H27N7O3/c33-19-20-1-3-21(4-2-20)30-35-26-11-7-23(17-28(26)37-30)32(42)34-24-8-12-27-29(18-24)38-31(36-27)22-5-9-25(10-6-22)39(13-15-40)14-16-41/h1-12,17-18,40-41H,13-16H2,(H,34,42)(H,35,37)(H,36,38). The first-order chi connectivity index (χ1) is 20.5. The van der Waals surface area contributed by atoms with Gasteiger partial charge in [-0.25, -0.2) is 9.97 Å². The highest BCUT2D eigenvalue weighted by molar-refractivity contribution is 6.06. The van der Waals surface area contributed by atoms with Gasteiger partial charge in [0.1, 0.15) is 11.6 Å². The van der Waals surface area contributed by atoms with Gasteiger partial charge in [-0.1, -0.05) is 0 Å². The van der Waals surface area contributed by atoms with Gasteiger partial charge < -0.3 is 30.4 Å². The topological polar surface area (TPSA) is 154 Å². The highest BCUT2D eigenvalue weighted by Gasteiger charge is 2.13. The van der Waals surface area contributed by atoms with Gasteiger partial charge in [-0.2, -0.15) is 5.26 Å². The molecule has 0 radical (unpaired) electrons. The lowest BCUT2D eigenvalue weighted by Crippen LogP contribution is -2.29. The lowest BCUT2D eigenvalue weighted by atomic mass is 10.1. The number of H-pyrrole nitrogens is 2. The Morgan fingerprint density at radius 3 is 1.95 bits per heavy atom. The Hall–Kier alpha value is -5.50. The molecule has 42 heavy (non-hydrogen) atoms. The second-order valence-electron chi connectivity index (χ2n) is 9.76. The first-order valence-electron chi connectivity index (χ1n) is 13.4. The lowest BCUT2D eigenvalue weighted by Gasteiger charge is -2.22. The summed E-state index contributed by atoms with van der Waals surface area (Å²) in [5.74, 6) is 1.10. The quantitative estimate of drug-likeness (QED) is 0.173. The predicted octanol–water partition coefficient (Wildman–Crippen LogP) is 4.69. The molecule has 0 saturated heterocycles. The van der Waals surface area contributed by atoms with E-state index in [2.05, 4.69) is 26.3 Å². The largest absolute Gasteiger partial charge is 0.395 e. The summed E-state index contributed by atoms with van der Waals surface area (Å²) in [5.41, 5.74) is 7.36. The highest BCUT2D eigenvalue weighted by atomic mass is 16.3. The maximum atomic E-state index is 13.1. The molecule has 4 aromatic carbocycles. The van der Waals surface area contributed by atoms with Crippen molar-refractivity contribution in [3.8, 4) is 28.8 Å². The predicted molar refractivity (Wildman–Crippen MR) is 162 cm³/mol. The zero-order valence-corrected chi connectivity index (χ0v) is 22.5. The average Bonchev–Trinajstić information content (AvgIpc) is 3.65. The minimum Gasteiger partial charge on any atom is -0.395 e. The van der Waals surface area contributed by atoms with Crippen LogP contribution in [0, 0.1) is 11.3 Å². The number of aliphatic hydroxyl groups excluding tert-OH is 2. The number of rotatable bonds is 9. The zero-order chi connectivity index (χ0) is 29.1. The first kappa shape index (κ1) is 26.7. The van der Waals surface area contributed by atoms with E-state index in [1.807, 2.05) is 59.5 Å². The fourth-order valence-corrected chi connectivity index (χ4v) is 4.86. The van der Waals surface area contributed by atoms with Gasteiger partial charge >= 0.3 is 0 Å². The van der Waals surface area contributed by atoms with Crippen LogP contribution >= 0.6 is 0 Å². The second-order valence-corrected chi connectivity index (χ2v) is 9.76. The number of amides is 1. The van der Waals surface area contributed by atoms with Gasteiger partial charge in [-0.05, 0) is 84.9 Å². The number of aliphatic hydroxyl groups is 2. The molecule has 0 fully saturated rings. The van der Waals surface area contributed by atoms with Crippen LogP contribution in [0.1, 0.15) is 15.9 Å². The van der Waals surface area contributed by atoms with Crippen LogP contribution in [0.15, 0.2) is 84.9 Å². The number of aromatic amines is 2. The van der Waals surface area contributed by atoms with E-state index < -0.39 is 0 Å². The summed E-state index contributed by atoms with van der Waals surface area (Å²) in [7, 11) is 0. The van der Waals surface area contributed by atoms with Crippen LogP contribution in [0.2, 0.25) is 0 Å². The van der Waals surface area contributed by atoms with E-state index >= 15 is 0 Å². The summed E-state index contributed by atoms with van der Waals surface area (Å²) in [6.07, 6.45) is 0. The third-order valence-corrected chi connectivity index (χ3v) is 7.02. The molecule has 0 saturated carbocycles. The Morgan fingerprint density at radius 1 is 0.786 bits per heavy atom. The zero-order valence-electron chi connectivity index (χ0n) is 22.5. The number of aromatic nitrogens is 4. The van der Waals surface area contributed by atoms with E-state index in [0.29, 0.717) is 41.6 Å². The molecular weight excluding hydrogens is 530 g/mol. The summed E-state index contributed by atoms with van der Waals surface area (Å²) >= 11 is 0. The molecule has 6 aromatic rings. The van der Waals surface area contributed by atoms with Crippen molar-refractivity contribution in [3.63, 3.8) is 0 Å². The maximum Gasteiger partial charge on any atom is 0.255 e. The summed E-state index contributed by atoms with van der Waals surface area (Å²) in [6.45, 7) is 0.883. The van der Waals surface area contributed by atoms with Crippen molar-refractivity contribution in [2.45, 2.75) is 0 Å². The van der Waals surface area contributed by atoms with Crippen molar-refractivity contribution >= 4 is 39.3 Å². The summed E-state index contributed by atoms with van der Waals surface area (Å²) < 4.78 is 0. The van der Waals surface area contributed by atoms with Crippen molar-refractivity contribution < 1.29 is 15.0 Å². The van der Waals surface area contributed by atoms with Gasteiger partial charge in [-0.15, -0.1) is 0 Å². The molecule has 6 rings (SSSR count). The van der Waals surface area contributed by atoms with Crippen LogP contribution in [0.25, 0.3) is 44.8 Å². The molecule has 0 aliphatic heterocycles. The number of hydrogen-bond donors (Lipinski definition) is 5. The number of benzene rings is 4. The molecule has 2 aromatic heterocycles. The molecule has 0 aliphatic rings. The minimum absolute atomic E-state index is 0.00277. The van der Waals surface area contributed by atoms with Gasteiger partial charge in [-0.3, -0.25) is 4.79 Å². The van der Waals surface area contributed by atoms with Gasteiger partial charge in [0.15, 0.2) is 0 Å². The van der Waals surface area contributed by atoms with Crippen molar-refractivity contribution in [3.05, 3.63) is 96.1 Å². The number of anilines is 2. The Kier molecular flexibility index (Phi) is 7.34. The molecule has 5 N–H and O–H groups in total. The SMILES string of the molecule is N#Cc1ccc(-c2nc3ccc(C(=O)Nc4ccc5nc(-c6ccc(N(CCO)CCO)cc6)[nH]c5c4)cc3[nH]2)cc1. The second kappa shape index (κ2) is 11.5. The smallest absolute Gasteiger partial charge is 0.255 e. The average molecular weight is 558 g/mol. The molecule has 1 amide bonds. The molecule has 0 aliphatic carbocycles. The van der Waals surface area contributed by atoms with E-state index in [0.717, 1.165) is 38.9 Å². The third kappa shape index (κ3) is 5.42. The Bertz CT molecular complexity index is 1910. The van der Waals surface area contributed by atoms with Crippen LogP contribution in [0.4, 0.5) is 11.4 Å². The van der Waals surface area contributed by atoms with Crippen molar-refractivity contribution in [1.82, 2.24) is 19.9 Å². The van der Waals surface area contributed by atoms with E-state index in [9.17, 15) is 15.0 Å². The van der Waals surface area contributed by atoms with Crippen LogP contribution in [0.5, 0.6) is 0 Å². The third-order valence-electron chi connectivity index (χ3n) is 7.02. The normalized spacial score (nSPS) is 11.1. The van der Waals surface area contributed by atoms with E-state index in [-0.39, 0.29) is 19.1 Å². The van der Waals surface area contributed by atoms with Gasteiger partial charge in [0.2, 0.25) is 0 Å². The number of hydrogen-bond acceptors (Lipinski definition) is 7. The van der Waals surface area contributed by atoms with E-state index in [4.69, 9.17) is 10.2 Å². The molecule has 0 unspecified atom stereocenters. The number of carbonyl (C=O) groups is 1. The number of imidazole rings is 2. The molecule has 10 nitrogen and oxygen atoms in total. The van der Waals surface area contributed by atoms with Crippen LogP contribution in [-0.2, 0) is 0 Å². The summed E-state index contributed by atoms with van der Waals surface area (Å²) in [6, 6.07) is 27.8. The minimum atomic E-state index is -0.253. The van der Waals surface area contributed by atoms with Crippen LogP contribution in [0.3, 0.4) is 0 Å². The van der Waals surface area contributed by atoms with Crippen LogP contribution in [-0.4, -0.2) is 62.4 Å². The van der Waals surface area contributed by atoms with E-state index in [1.54, 1.807) is 30.3 Å². The van der Waals surface area contributed by atoms with Gasteiger partial charge in [0, 0.05) is 41.2 Å². The number of carbonyl (C=O) groups excluding carboxylic acids is 1. The maximum absolute atomic E-state index is 13.1. The van der Waals surface area contributed by atoms with Crippen molar-refractivity contribution in [1.29, 1.82) is 5.26 Å². The molecule has 2 heterocycles. The number of fused-ring (bicyclic) bond motifs is 2. The molecular formula is C32H27N7O3. The lowest BCUT2D eigenvalue weighted by molar-refractivity contribution is 0.102. The first-order valence-corrected chi connectivity index (χ1v) is 13.4. The fourth-order valence-electron chi connectivity index (χ4n) is 4.86. The molecule has 0 spiro atoms. The highest BCUT2D eigenvalue weighted by Crippen LogP contribution is 2.26. The van der Waals surface area contributed by atoms with Crippen molar-refractivity contribution in [2.75, 3.05) is 36.5 Å². The van der Waals surface area contributed by atoms with Gasteiger partial charge in [0.25, 0.3) is 5.91 Å². The molecule has 0 atom stereocenters. The number of nitrogens with one attached hydrogen (secondary N) is 3. The Labute approximate surface area is 240 Å². The Morgan fingerprint density at radius 2 is 1.36 bits per heavy atom. The molecule has 0 bridgehead atoms. The van der Waals surface area contributed by atoms with E-state index in [1.165, 1.54) is 0 Å².